The summed E-state index contributed by atoms with van der Waals surface area (Å²) in [5, 5.41) is 2.61. The third-order valence-electron chi connectivity index (χ3n) is 3.89. The van der Waals surface area contributed by atoms with Crippen molar-refractivity contribution in [3.63, 3.8) is 0 Å². The normalized spacial score (nSPS) is 12.9. The second-order valence-electron chi connectivity index (χ2n) is 5.69. The molecule has 5 nitrogen and oxygen atoms in total. The first-order valence-corrected chi connectivity index (χ1v) is 7.55. The molecule has 0 saturated carbocycles. The van der Waals surface area contributed by atoms with Crippen LogP contribution in [-0.2, 0) is 9.59 Å². The van der Waals surface area contributed by atoms with Crippen LogP contribution in [0.4, 0.5) is 0 Å². The summed E-state index contributed by atoms with van der Waals surface area (Å²) in [6.07, 6.45) is 3.47. The van der Waals surface area contributed by atoms with Gasteiger partial charge in [0.1, 0.15) is 0 Å². The van der Waals surface area contributed by atoms with Gasteiger partial charge in [0.05, 0.1) is 11.3 Å². The SMILES string of the molecule is CCCC(CN)(CCC)C(=O)N(C)CC(C)C(=O)NC. The highest BCUT2D eigenvalue weighted by Gasteiger charge is 2.37. The Morgan fingerprint density at radius 1 is 1.25 bits per heavy atom. The van der Waals surface area contributed by atoms with E-state index in [0.717, 1.165) is 25.7 Å². The van der Waals surface area contributed by atoms with Gasteiger partial charge in [-0.3, -0.25) is 9.59 Å². The number of nitrogens with one attached hydrogen (secondary N) is 1. The zero-order valence-electron chi connectivity index (χ0n) is 13.7. The Morgan fingerprint density at radius 3 is 2.10 bits per heavy atom. The summed E-state index contributed by atoms with van der Waals surface area (Å²) in [7, 11) is 3.37. The van der Waals surface area contributed by atoms with Gasteiger partial charge < -0.3 is 16.0 Å². The lowest BCUT2D eigenvalue weighted by atomic mass is 9.78. The van der Waals surface area contributed by atoms with Crippen LogP contribution in [0.3, 0.4) is 0 Å². The summed E-state index contributed by atoms with van der Waals surface area (Å²) in [6.45, 7) is 6.76. The van der Waals surface area contributed by atoms with Gasteiger partial charge in [0.2, 0.25) is 11.8 Å². The van der Waals surface area contributed by atoms with Crippen LogP contribution in [0.1, 0.15) is 46.5 Å². The summed E-state index contributed by atoms with van der Waals surface area (Å²) < 4.78 is 0. The third kappa shape index (κ3) is 4.78. The number of hydrogen-bond acceptors (Lipinski definition) is 3. The molecule has 0 aromatic heterocycles. The number of carbonyl (C=O) groups is 2. The maximum absolute atomic E-state index is 12.7. The molecule has 1 unspecified atom stereocenters. The van der Waals surface area contributed by atoms with E-state index in [1.807, 2.05) is 6.92 Å². The number of rotatable bonds is 9. The first-order valence-electron chi connectivity index (χ1n) is 7.55. The quantitative estimate of drug-likeness (QED) is 0.672. The summed E-state index contributed by atoms with van der Waals surface area (Å²) in [5.74, 6) is -0.193. The van der Waals surface area contributed by atoms with E-state index in [0.29, 0.717) is 13.1 Å². The molecule has 2 amide bonds. The van der Waals surface area contributed by atoms with Gasteiger partial charge in [-0.25, -0.2) is 0 Å². The second kappa shape index (κ2) is 8.95. The van der Waals surface area contributed by atoms with Gasteiger partial charge in [0.15, 0.2) is 0 Å². The molecule has 0 aliphatic rings. The van der Waals surface area contributed by atoms with Crippen LogP contribution in [0.15, 0.2) is 0 Å². The van der Waals surface area contributed by atoms with Gasteiger partial charge in [-0.1, -0.05) is 33.6 Å². The number of carbonyl (C=O) groups excluding carboxylic acids is 2. The van der Waals surface area contributed by atoms with E-state index in [4.69, 9.17) is 5.73 Å². The minimum atomic E-state index is -0.472. The molecule has 0 spiro atoms. The van der Waals surface area contributed by atoms with Crippen LogP contribution >= 0.6 is 0 Å². The van der Waals surface area contributed by atoms with Gasteiger partial charge in [-0.05, 0) is 12.8 Å². The van der Waals surface area contributed by atoms with E-state index in [2.05, 4.69) is 19.2 Å². The van der Waals surface area contributed by atoms with Crippen molar-refractivity contribution < 1.29 is 9.59 Å². The van der Waals surface area contributed by atoms with Crippen LogP contribution in [0.5, 0.6) is 0 Å². The molecule has 0 rings (SSSR count). The van der Waals surface area contributed by atoms with Gasteiger partial charge in [0.25, 0.3) is 0 Å². The van der Waals surface area contributed by atoms with Crippen LogP contribution < -0.4 is 11.1 Å². The maximum Gasteiger partial charge on any atom is 0.229 e. The van der Waals surface area contributed by atoms with Crippen molar-refractivity contribution in [3.8, 4) is 0 Å². The number of amides is 2. The summed E-state index contributed by atoms with van der Waals surface area (Å²) in [4.78, 5) is 26.0. The molecule has 0 saturated heterocycles. The standard InChI is InChI=1S/C15H31N3O2/c1-6-8-15(11-16,9-7-2)14(20)18(5)10-12(3)13(19)17-4/h12H,6-11,16H2,1-5H3,(H,17,19). The summed E-state index contributed by atoms with van der Waals surface area (Å²) in [5.41, 5.74) is 5.44. The van der Waals surface area contributed by atoms with Crippen molar-refractivity contribution in [2.75, 3.05) is 27.2 Å². The molecular weight excluding hydrogens is 254 g/mol. The molecule has 0 heterocycles. The topological polar surface area (TPSA) is 75.4 Å². The Kier molecular flexibility index (Phi) is 8.46. The Bertz CT molecular complexity index is 312. The fourth-order valence-electron chi connectivity index (χ4n) is 2.82. The smallest absolute Gasteiger partial charge is 0.229 e. The predicted octanol–water partition coefficient (Wildman–Crippen LogP) is 1.37. The van der Waals surface area contributed by atoms with Crippen molar-refractivity contribution >= 4 is 11.8 Å². The first-order chi connectivity index (χ1) is 9.38. The molecule has 3 N–H and O–H groups in total. The average Bonchev–Trinajstić information content (AvgIpc) is 2.44. The van der Waals surface area contributed by atoms with Crippen molar-refractivity contribution in [1.82, 2.24) is 10.2 Å². The summed E-state index contributed by atoms with van der Waals surface area (Å²) >= 11 is 0. The van der Waals surface area contributed by atoms with Crippen LogP contribution in [-0.4, -0.2) is 43.9 Å². The van der Waals surface area contributed by atoms with E-state index in [-0.39, 0.29) is 17.7 Å². The number of nitrogens with two attached hydrogens (primary N) is 1. The molecule has 1 atom stereocenters. The molecule has 5 heteroatoms. The number of hydrogen-bond donors (Lipinski definition) is 2. The molecule has 0 aromatic carbocycles. The fourth-order valence-corrected chi connectivity index (χ4v) is 2.82. The lowest BCUT2D eigenvalue weighted by Crippen LogP contribution is -2.48. The van der Waals surface area contributed by atoms with Crippen molar-refractivity contribution in [2.45, 2.75) is 46.5 Å². The molecule has 118 valence electrons. The van der Waals surface area contributed by atoms with Crippen LogP contribution in [0.25, 0.3) is 0 Å². The van der Waals surface area contributed by atoms with E-state index in [1.165, 1.54) is 0 Å². The molecule has 0 bridgehead atoms. The Hall–Kier alpha value is -1.10. The van der Waals surface area contributed by atoms with Crippen molar-refractivity contribution in [2.24, 2.45) is 17.1 Å². The molecule has 0 radical (unpaired) electrons. The number of nitrogens with zero attached hydrogens (tertiary/aromatic N) is 1. The minimum Gasteiger partial charge on any atom is -0.359 e. The highest BCUT2D eigenvalue weighted by Crippen LogP contribution is 2.31. The van der Waals surface area contributed by atoms with E-state index in [9.17, 15) is 9.59 Å². The van der Waals surface area contributed by atoms with E-state index >= 15 is 0 Å². The Labute approximate surface area is 123 Å². The zero-order chi connectivity index (χ0) is 15.8. The van der Waals surface area contributed by atoms with E-state index in [1.54, 1.807) is 19.0 Å². The highest BCUT2D eigenvalue weighted by atomic mass is 16.2. The lowest BCUT2D eigenvalue weighted by Gasteiger charge is -2.35. The van der Waals surface area contributed by atoms with E-state index < -0.39 is 5.41 Å². The van der Waals surface area contributed by atoms with Crippen LogP contribution in [0.2, 0.25) is 0 Å². The van der Waals surface area contributed by atoms with Gasteiger partial charge in [-0.15, -0.1) is 0 Å². The molecule has 20 heavy (non-hydrogen) atoms. The largest absolute Gasteiger partial charge is 0.359 e. The first kappa shape index (κ1) is 18.9. The Morgan fingerprint density at radius 2 is 1.75 bits per heavy atom. The maximum atomic E-state index is 12.7. The average molecular weight is 285 g/mol. The monoisotopic (exact) mass is 285 g/mol. The van der Waals surface area contributed by atoms with Gasteiger partial charge >= 0.3 is 0 Å². The molecule has 0 fully saturated rings. The second-order valence-corrected chi connectivity index (χ2v) is 5.69. The minimum absolute atomic E-state index is 0.0472. The molecule has 0 aromatic rings. The Balaban J connectivity index is 4.92. The molecular formula is C15H31N3O2. The molecule has 0 aliphatic carbocycles. The van der Waals surface area contributed by atoms with Crippen LogP contribution in [0, 0.1) is 11.3 Å². The molecule has 0 aliphatic heterocycles. The van der Waals surface area contributed by atoms with Gasteiger partial charge in [-0.2, -0.15) is 0 Å². The zero-order valence-corrected chi connectivity index (χ0v) is 13.7. The fraction of sp³-hybridized carbons (Fsp3) is 0.867. The highest BCUT2D eigenvalue weighted by molar-refractivity contribution is 5.84. The summed E-state index contributed by atoms with van der Waals surface area (Å²) in [6, 6.07) is 0. The predicted molar refractivity (Wildman–Crippen MR) is 82.2 cm³/mol. The van der Waals surface area contributed by atoms with Crippen molar-refractivity contribution in [1.29, 1.82) is 0 Å². The van der Waals surface area contributed by atoms with Crippen molar-refractivity contribution in [3.05, 3.63) is 0 Å². The van der Waals surface area contributed by atoms with Gasteiger partial charge in [0, 0.05) is 27.2 Å². The third-order valence-corrected chi connectivity index (χ3v) is 3.89. The lowest BCUT2D eigenvalue weighted by molar-refractivity contribution is -0.142.